The third kappa shape index (κ3) is 8.15. The molecule has 4 nitrogen and oxygen atoms in total. The predicted octanol–water partition coefficient (Wildman–Crippen LogP) is 3.29. The normalized spacial score (nSPS) is 11.2. The van der Waals surface area contributed by atoms with Crippen LogP contribution in [0.2, 0.25) is 0 Å². The van der Waals surface area contributed by atoms with E-state index in [1.54, 1.807) is 6.08 Å². The lowest BCUT2D eigenvalue weighted by atomic mass is 10.2. The van der Waals surface area contributed by atoms with Crippen LogP contribution in [0.3, 0.4) is 0 Å². The van der Waals surface area contributed by atoms with Gasteiger partial charge in [-0.2, -0.15) is 0 Å². The molecule has 0 saturated heterocycles. The van der Waals surface area contributed by atoms with Crippen molar-refractivity contribution in [2.45, 2.75) is 26.2 Å². The van der Waals surface area contributed by atoms with Gasteiger partial charge >= 0.3 is 5.97 Å². The molecule has 0 aliphatic carbocycles. The van der Waals surface area contributed by atoms with E-state index in [1.807, 2.05) is 24.3 Å². The van der Waals surface area contributed by atoms with Gasteiger partial charge in [0.25, 0.3) is 0 Å². The monoisotopic (exact) mass is 291 g/mol. The lowest BCUT2D eigenvalue weighted by Gasteiger charge is -2.16. The standard InChI is InChI=1S/C17H25NO3/c1-3-4-5-11-18(2)12-13-21-16-8-6-7-15(14-16)9-10-17(19)20/h6-10,14H,3-5,11-13H2,1-2H3,(H,19,20). The summed E-state index contributed by atoms with van der Waals surface area (Å²) in [5.41, 5.74) is 0.825. The summed E-state index contributed by atoms with van der Waals surface area (Å²) in [5.74, 6) is -0.181. The second-order valence-corrected chi connectivity index (χ2v) is 5.10. The number of ether oxygens (including phenoxy) is 1. The summed E-state index contributed by atoms with van der Waals surface area (Å²) in [6.45, 7) is 4.82. The molecule has 0 amide bonds. The van der Waals surface area contributed by atoms with Gasteiger partial charge in [0.1, 0.15) is 12.4 Å². The SMILES string of the molecule is CCCCCN(C)CCOc1cccc(C=CC(=O)O)c1. The van der Waals surface area contributed by atoms with Gasteiger partial charge in [-0.25, -0.2) is 4.79 Å². The van der Waals surface area contributed by atoms with Crippen LogP contribution >= 0.6 is 0 Å². The van der Waals surface area contributed by atoms with Crippen LogP contribution in [0.5, 0.6) is 5.75 Å². The first kappa shape index (κ1) is 17.2. The number of nitrogens with zero attached hydrogens (tertiary/aromatic N) is 1. The molecule has 0 aliphatic rings. The van der Waals surface area contributed by atoms with E-state index in [0.29, 0.717) is 6.61 Å². The highest BCUT2D eigenvalue weighted by Crippen LogP contribution is 2.14. The number of hydrogen-bond donors (Lipinski definition) is 1. The number of rotatable bonds is 10. The summed E-state index contributed by atoms with van der Waals surface area (Å²) in [7, 11) is 2.10. The van der Waals surface area contributed by atoms with Crippen molar-refractivity contribution in [2.24, 2.45) is 0 Å². The van der Waals surface area contributed by atoms with Crippen molar-refractivity contribution in [1.82, 2.24) is 4.90 Å². The number of carboxylic acids is 1. The minimum atomic E-state index is -0.949. The average Bonchev–Trinajstić information content (AvgIpc) is 2.46. The topological polar surface area (TPSA) is 49.8 Å². The number of hydrogen-bond acceptors (Lipinski definition) is 3. The van der Waals surface area contributed by atoms with Crippen LogP contribution in [0.1, 0.15) is 31.7 Å². The van der Waals surface area contributed by atoms with Gasteiger partial charge in [0.2, 0.25) is 0 Å². The Morgan fingerprint density at radius 1 is 1.33 bits per heavy atom. The van der Waals surface area contributed by atoms with E-state index in [0.717, 1.165) is 30.5 Å². The van der Waals surface area contributed by atoms with E-state index in [9.17, 15) is 4.79 Å². The summed E-state index contributed by atoms with van der Waals surface area (Å²) in [4.78, 5) is 12.8. The summed E-state index contributed by atoms with van der Waals surface area (Å²) >= 11 is 0. The molecular formula is C17H25NO3. The van der Waals surface area contributed by atoms with E-state index in [4.69, 9.17) is 9.84 Å². The molecule has 0 unspecified atom stereocenters. The summed E-state index contributed by atoms with van der Waals surface area (Å²) in [5, 5.41) is 8.61. The molecular weight excluding hydrogens is 266 g/mol. The second kappa shape index (κ2) is 10.00. The number of benzene rings is 1. The zero-order valence-corrected chi connectivity index (χ0v) is 12.9. The number of carboxylic acid groups (broad SMARTS) is 1. The molecule has 0 atom stereocenters. The molecule has 0 saturated carbocycles. The van der Waals surface area contributed by atoms with Crippen LogP contribution in [0, 0.1) is 0 Å². The minimum Gasteiger partial charge on any atom is -0.492 e. The predicted molar refractivity (Wildman–Crippen MR) is 85.6 cm³/mol. The van der Waals surface area contributed by atoms with Crippen molar-refractivity contribution < 1.29 is 14.6 Å². The summed E-state index contributed by atoms with van der Waals surface area (Å²) in [6.07, 6.45) is 6.42. The van der Waals surface area contributed by atoms with Crippen molar-refractivity contribution in [3.63, 3.8) is 0 Å². The van der Waals surface area contributed by atoms with Crippen LogP contribution < -0.4 is 4.74 Å². The van der Waals surface area contributed by atoms with Gasteiger partial charge in [-0.3, -0.25) is 0 Å². The zero-order chi connectivity index (χ0) is 15.5. The maximum atomic E-state index is 10.5. The lowest BCUT2D eigenvalue weighted by Crippen LogP contribution is -2.25. The van der Waals surface area contributed by atoms with Crippen molar-refractivity contribution in [2.75, 3.05) is 26.7 Å². The smallest absolute Gasteiger partial charge is 0.328 e. The van der Waals surface area contributed by atoms with Gasteiger partial charge in [0, 0.05) is 12.6 Å². The molecule has 1 aromatic carbocycles. The quantitative estimate of drug-likeness (QED) is 0.531. The first-order chi connectivity index (χ1) is 10.1. The minimum absolute atomic E-state index is 0.634. The van der Waals surface area contributed by atoms with E-state index >= 15 is 0 Å². The van der Waals surface area contributed by atoms with Crippen molar-refractivity contribution in [1.29, 1.82) is 0 Å². The molecule has 0 aliphatic heterocycles. The first-order valence-corrected chi connectivity index (χ1v) is 7.44. The molecule has 1 aromatic rings. The van der Waals surface area contributed by atoms with Gasteiger partial charge in [-0.1, -0.05) is 31.9 Å². The molecule has 0 heterocycles. The maximum absolute atomic E-state index is 10.5. The molecule has 1 N–H and O–H groups in total. The Labute approximate surface area is 127 Å². The largest absolute Gasteiger partial charge is 0.492 e. The fourth-order valence-electron chi connectivity index (χ4n) is 1.94. The van der Waals surface area contributed by atoms with Crippen LogP contribution in [-0.2, 0) is 4.79 Å². The fourth-order valence-corrected chi connectivity index (χ4v) is 1.94. The Balaban J connectivity index is 2.35. The summed E-state index contributed by atoms with van der Waals surface area (Å²) < 4.78 is 5.71. The van der Waals surface area contributed by atoms with Gasteiger partial charge in [-0.05, 0) is 43.8 Å². The Kier molecular flexibility index (Phi) is 8.21. The molecule has 0 bridgehead atoms. The van der Waals surface area contributed by atoms with Gasteiger partial charge in [-0.15, -0.1) is 0 Å². The third-order valence-electron chi connectivity index (χ3n) is 3.16. The van der Waals surface area contributed by atoms with E-state index < -0.39 is 5.97 Å². The number of carbonyl (C=O) groups is 1. The molecule has 0 fully saturated rings. The van der Waals surface area contributed by atoms with E-state index in [1.165, 1.54) is 19.3 Å². The molecule has 0 aromatic heterocycles. The van der Waals surface area contributed by atoms with Crippen LogP contribution in [0.25, 0.3) is 6.08 Å². The van der Waals surface area contributed by atoms with Crippen LogP contribution in [0.4, 0.5) is 0 Å². The number of likely N-dealkylation sites (N-methyl/N-ethyl adjacent to an activating group) is 1. The van der Waals surface area contributed by atoms with Crippen LogP contribution in [0.15, 0.2) is 30.3 Å². The highest BCUT2D eigenvalue weighted by Gasteiger charge is 2.00. The van der Waals surface area contributed by atoms with Gasteiger partial charge in [0.05, 0.1) is 0 Å². The van der Waals surface area contributed by atoms with Crippen molar-refractivity contribution in [3.8, 4) is 5.75 Å². The Morgan fingerprint density at radius 3 is 2.86 bits per heavy atom. The molecule has 4 heteroatoms. The average molecular weight is 291 g/mol. The molecule has 0 spiro atoms. The highest BCUT2D eigenvalue weighted by atomic mass is 16.5. The molecule has 1 rings (SSSR count). The molecule has 0 radical (unpaired) electrons. The van der Waals surface area contributed by atoms with Crippen LogP contribution in [-0.4, -0.2) is 42.7 Å². The second-order valence-electron chi connectivity index (χ2n) is 5.10. The maximum Gasteiger partial charge on any atom is 0.328 e. The first-order valence-electron chi connectivity index (χ1n) is 7.44. The van der Waals surface area contributed by atoms with Gasteiger partial charge < -0.3 is 14.7 Å². The van der Waals surface area contributed by atoms with Gasteiger partial charge in [0.15, 0.2) is 0 Å². The lowest BCUT2D eigenvalue weighted by molar-refractivity contribution is -0.131. The summed E-state index contributed by atoms with van der Waals surface area (Å²) in [6, 6.07) is 7.44. The molecule has 21 heavy (non-hydrogen) atoms. The Bertz CT molecular complexity index is 457. The Morgan fingerprint density at radius 2 is 2.14 bits per heavy atom. The molecule has 116 valence electrons. The third-order valence-corrected chi connectivity index (χ3v) is 3.16. The van der Waals surface area contributed by atoms with Crippen molar-refractivity contribution in [3.05, 3.63) is 35.9 Å². The van der Waals surface area contributed by atoms with E-state index in [-0.39, 0.29) is 0 Å². The van der Waals surface area contributed by atoms with Crippen molar-refractivity contribution >= 4 is 12.0 Å². The number of aliphatic carboxylic acids is 1. The zero-order valence-electron chi connectivity index (χ0n) is 12.9. The highest BCUT2D eigenvalue weighted by molar-refractivity contribution is 5.85. The Hall–Kier alpha value is -1.81. The van der Waals surface area contributed by atoms with E-state index in [2.05, 4.69) is 18.9 Å². The number of unbranched alkanes of at least 4 members (excludes halogenated alkanes) is 2. The fraction of sp³-hybridized carbons (Fsp3) is 0.471.